The van der Waals surface area contributed by atoms with Crippen molar-refractivity contribution in [3.8, 4) is 5.69 Å². The summed E-state index contributed by atoms with van der Waals surface area (Å²) in [4.78, 5) is 0. The fourth-order valence-corrected chi connectivity index (χ4v) is 4.75. The largest absolute Gasteiger partial charge is 0.307 e. The van der Waals surface area contributed by atoms with Gasteiger partial charge in [0.15, 0.2) is 0 Å². The normalized spacial score (nSPS) is 11.5. The molecule has 27 heavy (non-hydrogen) atoms. The molecular formula is C23H18F2IN. The lowest BCUT2D eigenvalue weighted by Crippen LogP contribution is -2.02. The van der Waals surface area contributed by atoms with Crippen LogP contribution in [0.5, 0.6) is 0 Å². The van der Waals surface area contributed by atoms with Crippen molar-refractivity contribution in [2.24, 2.45) is 0 Å². The molecule has 4 aromatic rings. The summed E-state index contributed by atoms with van der Waals surface area (Å²) in [5.41, 5.74) is 5.40. The molecule has 4 rings (SSSR count). The molecule has 0 saturated heterocycles. The number of nitrogens with zero attached hydrogens (tertiary/aromatic N) is 1. The van der Waals surface area contributed by atoms with Gasteiger partial charge in [-0.25, -0.2) is 8.78 Å². The Morgan fingerprint density at radius 3 is 2.41 bits per heavy atom. The molecule has 0 atom stereocenters. The topological polar surface area (TPSA) is 4.93 Å². The van der Waals surface area contributed by atoms with Crippen molar-refractivity contribution in [3.63, 3.8) is 0 Å². The second-order valence-electron chi connectivity index (χ2n) is 6.94. The maximum atomic E-state index is 15.1. The van der Waals surface area contributed by atoms with Crippen LogP contribution < -0.4 is 0 Å². The lowest BCUT2D eigenvalue weighted by Gasteiger charge is -2.15. The molecule has 3 aromatic carbocycles. The number of rotatable bonds is 2. The zero-order chi connectivity index (χ0) is 19.5. The molecule has 0 unspecified atom stereocenters. The Morgan fingerprint density at radius 2 is 1.70 bits per heavy atom. The minimum absolute atomic E-state index is 0.0469. The van der Waals surface area contributed by atoms with E-state index in [1.807, 2.05) is 42.7 Å². The first kappa shape index (κ1) is 18.2. The number of benzene rings is 3. The van der Waals surface area contributed by atoms with Gasteiger partial charge in [-0.3, -0.25) is 0 Å². The Hall–Kier alpha value is -2.21. The Bertz CT molecular complexity index is 1250. The number of hydrogen-bond donors (Lipinski definition) is 0. The molecule has 1 heterocycles. The molecule has 0 fully saturated rings. The fourth-order valence-electron chi connectivity index (χ4n) is 3.71. The lowest BCUT2D eigenvalue weighted by molar-refractivity contribution is 0.577. The summed E-state index contributed by atoms with van der Waals surface area (Å²) in [5.74, 6) is -1.04. The summed E-state index contributed by atoms with van der Waals surface area (Å²) in [7, 11) is 0. The smallest absolute Gasteiger partial charge is 0.139 e. The summed E-state index contributed by atoms with van der Waals surface area (Å²) >= 11 is 2.28. The van der Waals surface area contributed by atoms with Crippen LogP contribution in [0.15, 0.2) is 43.0 Å². The van der Waals surface area contributed by atoms with E-state index in [0.29, 0.717) is 10.9 Å². The number of fused-ring (bicyclic) bond motifs is 3. The minimum Gasteiger partial charge on any atom is -0.307 e. The van der Waals surface area contributed by atoms with Gasteiger partial charge in [-0.1, -0.05) is 24.3 Å². The van der Waals surface area contributed by atoms with Crippen LogP contribution in [0.4, 0.5) is 8.78 Å². The van der Waals surface area contributed by atoms with Crippen molar-refractivity contribution in [1.29, 1.82) is 0 Å². The van der Waals surface area contributed by atoms with E-state index in [4.69, 9.17) is 0 Å². The number of aromatic nitrogens is 1. The van der Waals surface area contributed by atoms with E-state index >= 15 is 4.39 Å². The van der Waals surface area contributed by atoms with E-state index in [1.54, 1.807) is 6.08 Å². The number of halogens is 3. The zero-order valence-corrected chi connectivity index (χ0v) is 17.5. The molecular weight excluding hydrogens is 455 g/mol. The van der Waals surface area contributed by atoms with Gasteiger partial charge in [-0.05, 0) is 84.8 Å². The van der Waals surface area contributed by atoms with Gasteiger partial charge in [0, 0.05) is 19.9 Å². The predicted molar refractivity (Wildman–Crippen MR) is 118 cm³/mol. The van der Waals surface area contributed by atoms with E-state index in [9.17, 15) is 4.39 Å². The van der Waals surface area contributed by atoms with Crippen molar-refractivity contribution >= 4 is 50.5 Å². The van der Waals surface area contributed by atoms with Crippen LogP contribution in [-0.2, 0) is 0 Å². The van der Waals surface area contributed by atoms with Crippen molar-refractivity contribution in [2.45, 2.75) is 20.8 Å². The van der Waals surface area contributed by atoms with Crippen LogP contribution in [0.2, 0.25) is 0 Å². The van der Waals surface area contributed by atoms with E-state index in [-0.39, 0.29) is 5.56 Å². The summed E-state index contributed by atoms with van der Waals surface area (Å²) in [6.07, 6.45) is 1.79. The Morgan fingerprint density at radius 1 is 0.963 bits per heavy atom. The first-order valence-electron chi connectivity index (χ1n) is 8.65. The van der Waals surface area contributed by atoms with Crippen LogP contribution in [0.3, 0.4) is 0 Å². The van der Waals surface area contributed by atoms with Gasteiger partial charge < -0.3 is 4.57 Å². The first-order chi connectivity index (χ1) is 12.8. The molecule has 0 radical (unpaired) electrons. The third kappa shape index (κ3) is 2.69. The maximum Gasteiger partial charge on any atom is 0.139 e. The highest BCUT2D eigenvalue weighted by atomic mass is 127. The predicted octanol–water partition coefficient (Wildman–Crippen LogP) is 7.23. The SMILES string of the molecule is C=Cc1cc(C)cc(I)c1-n1c2ccc(C)cc2c2c(F)c(C)c(F)cc21. The molecule has 0 spiro atoms. The molecule has 1 nitrogen and oxygen atoms in total. The van der Waals surface area contributed by atoms with Gasteiger partial charge in [0.1, 0.15) is 11.6 Å². The standard InChI is InChI=1S/C23H18F2IN/c1-5-15-8-13(3)10-18(26)23(15)27-19-7-6-12(2)9-16(19)21-20(27)11-17(24)14(4)22(21)25/h5-11H,1H2,2-4H3. The molecule has 0 N–H and O–H groups in total. The highest BCUT2D eigenvalue weighted by Crippen LogP contribution is 2.38. The third-order valence-corrected chi connectivity index (χ3v) is 5.83. The Kier molecular flexibility index (Phi) is 4.34. The van der Waals surface area contributed by atoms with Crippen LogP contribution in [0.25, 0.3) is 33.6 Å². The molecule has 0 aliphatic heterocycles. The van der Waals surface area contributed by atoms with Crippen molar-refractivity contribution in [1.82, 2.24) is 4.57 Å². The van der Waals surface area contributed by atoms with Gasteiger partial charge in [0.05, 0.1) is 16.7 Å². The van der Waals surface area contributed by atoms with Crippen molar-refractivity contribution in [3.05, 3.63) is 80.4 Å². The molecule has 0 aliphatic carbocycles. The fraction of sp³-hybridized carbons (Fsp3) is 0.130. The molecule has 0 bridgehead atoms. The van der Waals surface area contributed by atoms with Gasteiger partial charge in [0.2, 0.25) is 0 Å². The van der Waals surface area contributed by atoms with E-state index < -0.39 is 11.6 Å². The molecule has 4 heteroatoms. The molecule has 0 aliphatic rings. The highest BCUT2D eigenvalue weighted by Gasteiger charge is 2.21. The minimum atomic E-state index is -0.539. The average Bonchev–Trinajstić information content (AvgIpc) is 2.92. The second kappa shape index (κ2) is 6.44. The Labute approximate surface area is 170 Å². The van der Waals surface area contributed by atoms with Gasteiger partial charge >= 0.3 is 0 Å². The second-order valence-corrected chi connectivity index (χ2v) is 8.10. The quantitative estimate of drug-likeness (QED) is 0.271. The lowest BCUT2D eigenvalue weighted by atomic mass is 10.1. The molecule has 0 saturated carbocycles. The van der Waals surface area contributed by atoms with E-state index in [1.165, 1.54) is 13.0 Å². The summed E-state index contributed by atoms with van der Waals surface area (Å²) in [6, 6.07) is 11.5. The average molecular weight is 473 g/mol. The van der Waals surface area contributed by atoms with Crippen LogP contribution in [0, 0.1) is 36.0 Å². The van der Waals surface area contributed by atoms with Crippen LogP contribution >= 0.6 is 22.6 Å². The Balaban J connectivity index is 2.30. The summed E-state index contributed by atoms with van der Waals surface area (Å²) < 4.78 is 32.6. The van der Waals surface area contributed by atoms with Crippen LogP contribution in [0.1, 0.15) is 22.3 Å². The van der Waals surface area contributed by atoms with E-state index in [2.05, 4.69) is 35.2 Å². The van der Waals surface area contributed by atoms with E-state index in [0.717, 1.165) is 36.9 Å². The van der Waals surface area contributed by atoms with Gasteiger partial charge in [-0.2, -0.15) is 0 Å². The summed E-state index contributed by atoms with van der Waals surface area (Å²) in [5, 5.41) is 1.25. The molecule has 1 aromatic heterocycles. The highest BCUT2D eigenvalue weighted by molar-refractivity contribution is 14.1. The van der Waals surface area contributed by atoms with Crippen LogP contribution in [-0.4, -0.2) is 4.57 Å². The number of hydrogen-bond acceptors (Lipinski definition) is 0. The van der Waals surface area contributed by atoms with Crippen molar-refractivity contribution in [2.75, 3.05) is 0 Å². The third-order valence-electron chi connectivity index (χ3n) is 5.01. The molecule has 0 amide bonds. The monoisotopic (exact) mass is 473 g/mol. The van der Waals surface area contributed by atoms with Gasteiger partial charge in [-0.15, -0.1) is 0 Å². The van der Waals surface area contributed by atoms with Crippen molar-refractivity contribution < 1.29 is 8.78 Å². The van der Waals surface area contributed by atoms with Gasteiger partial charge in [0.25, 0.3) is 0 Å². The first-order valence-corrected chi connectivity index (χ1v) is 9.73. The molecule has 136 valence electrons. The summed E-state index contributed by atoms with van der Waals surface area (Å²) in [6.45, 7) is 9.42. The number of aryl methyl sites for hydroxylation is 2. The maximum absolute atomic E-state index is 15.1. The zero-order valence-electron chi connectivity index (χ0n) is 15.3.